The maximum atomic E-state index is 11.5. The van der Waals surface area contributed by atoms with E-state index >= 15 is 0 Å². The first-order chi connectivity index (χ1) is 7.47. The molecule has 1 aromatic heterocycles. The molecule has 0 bridgehead atoms. The van der Waals surface area contributed by atoms with Crippen LogP contribution >= 0.6 is 22.6 Å². The smallest absolute Gasteiger partial charge is 0.150 e. The Labute approximate surface area is 109 Å². The van der Waals surface area contributed by atoms with Gasteiger partial charge in [-0.3, -0.25) is 4.68 Å². The van der Waals surface area contributed by atoms with Gasteiger partial charge in [0.15, 0.2) is 0 Å². The Hall–Kier alpha value is -0.110. The number of aromatic nitrogens is 2. The molecule has 0 aliphatic heterocycles. The average molecular weight is 354 g/mol. The van der Waals surface area contributed by atoms with Crippen molar-refractivity contribution in [1.29, 1.82) is 0 Å². The van der Waals surface area contributed by atoms with Crippen molar-refractivity contribution in [2.24, 2.45) is 0 Å². The molecular weight excluding hydrogens is 339 g/mol. The minimum atomic E-state index is -2.90. The van der Waals surface area contributed by atoms with E-state index in [1.54, 1.807) is 0 Å². The SMILES string of the molecule is CS(=O)(=O)C1CCCC(n2ccc(I)n2)C1. The molecule has 4 nitrogen and oxygen atoms in total. The highest BCUT2D eigenvalue weighted by Crippen LogP contribution is 2.31. The molecule has 1 saturated carbocycles. The van der Waals surface area contributed by atoms with Gasteiger partial charge >= 0.3 is 0 Å². The maximum absolute atomic E-state index is 11.5. The summed E-state index contributed by atoms with van der Waals surface area (Å²) in [6.07, 6.45) is 6.79. The monoisotopic (exact) mass is 354 g/mol. The van der Waals surface area contributed by atoms with Crippen LogP contribution in [0, 0.1) is 3.70 Å². The number of rotatable bonds is 2. The molecule has 2 rings (SSSR count). The molecule has 1 heterocycles. The Morgan fingerprint density at radius 1 is 1.50 bits per heavy atom. The first-order valence-electron chi connectivity index (χ1n) is 5.36. The molecule has 0 aromatic carbocycles. The summed E-state index contributed by atoms with van der Waals surface area (Å²) >= 11 is 2.17. The summed E-state index contributed by atoms with van der Waals surface area (Å²) in [4.78, 5) is 0. The summed E-state index contributed by atoms with van der Waals surface area (Å²) in [7, 11) is -2.90. The molecule has 6 heteroatoms. The molecule has 1 fully saturated rings. The van der Waals surface area contributed by atoms with Gasteiger partial charge in [0, 0.05) is 12.5 Å². The van der Waals surface area contributed by atoms with Crippen molar-refractivity contribution in [3.8, 4) is 0 Å². The Balaban J connectivity index is 2.13. The van der Waals surface area contributed by atoms with Gasteiger partial charge in [0.1, 0.15) is 13.5 Å². The van der Waals surface area contributed by atoms with Crippen LogP contribution < -0.4 is 0 Å². The van der Waals surface area contributed by atoms with Crippen molar-refractivity contribution in [2.45, 2.75) is 37.0 Å². The van der Waals surface area contributed by atoms with E-state index in [0.717, 1.165) is 23.0 Å². The van der Waals surface area contributed by atoms with Crippen LogP contribution in [-0.2, 0) is 9.84 Å². The highest BCUT2D eigenvalue weighted by Gasteiger charge is 2.29. The zero-order chi connectivity index (χ0) is 11.8. The minimum absolute atomic E-state index is 0.187. The molecule has 0 N–H and O–H groups in total. The standard InChI is InChI=1S/C10H15IN2O2S/c1-16(14,15)9-4-2-3-8(7-9)13-6-5-10(11)12-13/h5-6,8-9H,2-4,7H2,1H3. The number of hydrogen-bond acceptors (Lipinski definition) is 3. The second kappa shape index (κ2) is 4.64. The van der Waals surface area contributed by atoms with Gasteiger partial charge in [0.2, 0.25) is 0 Å². The van der Waals surface area contributed by atoms with E-state index in [-0.39, 0.29) is 11.3 Å². The number of sulfone groups is 1. The Kier molecular flexibility index (Phi) is 3.58. The Morgan fingerprint density at radius 2 is 2.25 bits per heavy atom. The lowest BCUT2D eigenvalue weighted by Crippen LogP contribution is -2.29. The van der Waals surface area contributed by atoms with Crippen LogP contribution in [-0.4, -0.2) is 29.7 Å². The first-order valence-corrected chi connectivity index (χ1v) is 8.39. The van der Waals surface area contributed by atoms with Crippen LogP contribution in [0.5, 0.6) is 0 Å². The minimum Gasteiger partial charge on any atom is -0.269 e. The number of halogens is 1. The number of hydrogen-bond donors (Lipinski definition) is 0. The summed E-state index contributed by atoms with van der Waals surface area (Å²) in [6, 6.07) is 2.20. The molecule has 1 aliphatic carbocycles. The summed E-state index contributed by atoms with van der Waals surface area (Å²) in [5.74, 6) is 0. The van der Waals surface area contributed by atoms with E-state index in [4.69, 9.17) is 0 Å². The van der Waals surface area contributed by atoms with E-state index < -0.39 is 9.84 Å². The third-order valence-electron chi connectivity index (χ3n) is 3.15. The lowest BCUT2D eigenvalue weighted by atomic mass is 9.95. The van der Waals surface area contributed by atoms with Crippen molar-refractivity contribution in [1.82, 2.24) is 9.78 Å². The van der Waals surface area contributed by atoms with Crippen LogP contribution in [0.1, 0.15) is 31.7 Å². The molecule has 0 amide bonds. The van der Waals surface area contributed by atoms with Crippen LogP contribution in [0.2, 0.25) is 0 Å². The van der Waals surface area contributed by atoms with Gasteiger partial charge in [0.25, 0.3) is 0 Å². The fraction of sp³-hybridized carbons (Fsp3) is 0.700. The fourth-order valence-corrected chi connectivity index (χ4v) is 3.84. The van der Waals surface area contributed by atoms with Crippen LogP contribution in [0.25, 0.3) is 0 Å². The van der Waals surface area contributed by atoms with Crippen molar-refractivity contribution in [3.63, 3.8) is 0 Å². The van der Waals surface area contributed by atoms with E-state index in [2.05, 4.69) is 27.7 Å². The summed E-state index contributed by atoms with van der Waals surface area (Å²) in [5, 5.41) is 4.17. The molecule has 2 atom stereocenters. The zero-order valence-electron chi connectivity index (χ0n) is 9.13. The third-order valence-corrected chi connectivity index (χ3v) is 5.37. The number of nitrogens with zero attached hydrogens (tertiary/aromatic N) is 2. The van der Waals surface area contributed by atoms with Crippen molar-refractivity contribution >= 4 is 32.4 Å². The summed E-state index contributed by atoms with van der Waals surface area (Å²) < 4.78 is 25.9. The van der Waals surface area contributed by atoms with Gasteiger partial charge < -0.3 is 0 Å². The summed E-state index contributed by atoms with van der Waals surface area (Å²) in [6.45, 7) is 0. The molecule has 1 aliphatic rings. The maximum Gasteiger partial charge on any atom is 0.150 e. The average Bonchev–Trinajstić information content (AvgIpc) is 2.64. The quantitative estimate of drug-likeness (QED) is 0.764. The third kappa shape index (κ3) is 2.77. The van der Waals surface area contributed by atoms with Gasteiger partial charge in [-0.25, -0.2) is 8.42 Å². The lowest BCUT2D eigenvalue weighted by molar-refractivity contribution is 0.328. The van der Waals surface area contributed by atoms with Crippen LogP contribution in [0.15, 0.2) is 12.3 Å². The Bertz CT molecular complexity index is 469. The highest BCUT2D eigenvalue weighted by molar-refractivity contribution is 14.1. The van der Waals surface area contributed by atoms with E-state index in [1.807, 2.05) is 16.9 Å². The lowest BCUT2D eigenvalue weighted by Gasteiger charge is -2.28. The molecule has 0 spiro atoms. The molecule has 2 unspecified atom stereocenters. The van der Waals surface area contributed by atoms with Crippen molar-refractivity contribution < 1.29 is 8.42 Å². The van der Waals surface area contributed by atoms with Gasteiger partial charge in [-0.05, 0) is 47.9 Å². The van der Waals surface area contributed by atoms with Gasteiger partial charge in [-0.15, -0.1) is 0 Å². The largest absolute Gasteiger partial charge is 0.269 e. The fourth-order valence-electron chi connectivity index (χ4n) is 2.27. The first kappa shape index (κ1) is 12.3. The predicted molar refractivity (Wildman–Crippen MR) is 71.1 cm³/mol. The van der Waals surface area contributed by atoms with E-state index in [1.165, 1.54) is 6.26 Å². The van der Waals surface area contributed by atoms with Crippen LogP contribution in [0.4, 0.5) is 0 Å². The van der Waals surface area contributed by atoms with Crippen LogP contribution in [0.3, 0.4) is 0 Å². The van der Waals surface area contributed by atoms with E-state index in [0.29, 0.717) is 6.42 Å². The summed E-state index contributed by atoms with van der Waals surface area (Å²) in [5.41, 5.74) is 0. The van der Waals surface area contributed by atoms with Gasteiger partial charge in [-0.1, -0.05) is 6.42 Å². The Morgan fingerprint density at radius 3 is 2.81 bits per heavy atom. The van der Waals surface area contributed by atoms with Gasteiger partial charge in [0.05, 0.1) is 11.3 Å². The van der Waals surface area contributed by atoms with Crippen molar-refractivity contribution in [2.75, 3.05) is 6.26 Å². The molecule has 1 aromatic rings. The molecule has 0 radical (unpaired) electrons. The van der Waals surface area contributed by atoms with Crippen molar-refractivity contribution in [3.05, 3.63) is 16.0 Å². The second-order valence-electron chi connectivity index (χ2n) is 4.39. The molecule has 0 saturated heterocycles. The topological polar surface area (TPSA) is 52.0 Å². The molecule has 90 valence electrons. The van der Waals surface area contributed by atoms with E-state index in [9.17, 15) is 8.42 Å². The molecule has 16 heavy (non-hydrogen) atoms. The predicted octanol–water partition coefficient (Wildman–Crippen LogP) is 2.02. The molecular formula is C10H15IN2O2S. The zero-order valence-corrected chi connectivity index (χ0v) is 12.1. The highest BCUT2D eigenvalue weighted by atomic mass is 127. The van der Waals surface area contributed by atoms with Gasteiger partial charge in [-0.2, -0.15) is 5.10 Å². The normalized spacial score (nSPS) is 26.9. The second-order valence-corrected chi connectivity index (χ2v) is 7.82.